The van der Waals surface area contributed by atoms with Gasteiger partial charge in [0.1, 0.15) is 6.23 Å². The summed E-state index contributed by atoms with van der Waals surface area (Å²) in [6.45, 7) is 1.88. The van der Waals surface area contributed by atoms with E-state index in [2.05, 4.69) is 4.98 Å². The summed E-state index contributed by atoms with van der Waals surface area (Å²) >= 11 is 0. The Labute approximate surface area is 65.4 Å². The molecule has 1 heterocycles. The molecule has 0 aliphatic heterocycles. The summed E-state index contributed by atoms with van der Waals surface area (Å²) in [6.07, 6.45) is 3.19. The van der Waals surface area contributed by atoms with Crippen molar-refractivity contribution in [1.29, 1.82) is 0 Å². The van der Waals surface area contributed by atoms with Crippen LogP contribution in [0.15, 0.2) is 12.5 Å². The maximum Gasteiger partial charge on any atom is 0.131 e. The van der Waals surface area contributed by atoms with E-state index in [0.717, 1.165) is 5.69 Å². The second-order valence-corrected chi connectivity index (χ2v) is 2.29. The van der Waals surface area contributed by atoms with Gasteiger partial charge in [0.2, 0.25) is 0 Å². The molecule has 1 unspecified atom stereocenters. The number of aliphatic hydroxyl groups is 1. The van der Waals surface area contributed by atoms with Crippen LogP contribution in [-0.4, -0.2) is 21.8 Å². The molecule has 1 rings (SSSR count). The Morgan fingerprint density at radius 2 is 2.55 bits per heavy atom. The van der Waals surface area contributed by atoms with Gasteiger partial charge in [-0.25, -0.2) is 4.98 Å². The first-order chi connectivity index (χ1) is 5.29. The van der Waals surface area contributed by atoms with Gasteiger partial charge in [-0.3, -0.25) is 0 Å². The molecule has 0 bridgehead atoms. The van der Waals surface area contributed by atoms with E-state index in [9.17, 15) is 0 Å². The fourth-order valence-electron chi connectivity index (χ4n) is 0.895. The van der Waals surface area contributed by atoms with Crippen molar-refractivity contribution in [1.82, 2.24) is 9.55 Å². The average molecular weight is 156 g/mol. The first-order valence-electron chi connectivity index (χ1n) is 3.44. The molecular weight excluding hydrogens is 144 g/mol. The molecule has 0 amide bonds. The molecule has 0 saturated carbocycles. The molecule has 0 fully saturated rings. The lowest BCUT2D eigenvalue weighted by Crippen LogP contribution is -2.09. The van der Waals surface area contributed by atoms with Gasteiger partial charge in [-0.1, -0.05) is 0 Å². The molecule has 1 atom stereocenters. The normalized spacial score (nSPS) is 13.4. The maximum atomic E-state index is 8.84. The van der Waals surface area contributed by atoms with Gasteiger partial charge in [0.25, 0.3) is 0 Å². The van der Waals surface area contributed by atoms with E-state index in [1.165, 1.54) is 0 Å². The zero-order valence-corrected chi connectivity index (χ0v) is 6.69. The molecule has 0 aliphatic rings. The highest BCUT2D eigenvalue weighted by molar-refractivity contribution is 4.96. The van der Waals surface area contributed by atoms with Crippen molar-refractivity contribution < 1.29 is 9.84 Å². The fourth-order valence-corrected chi connectivity index (χ4v) is 0.895. The van der Waals surface area contributed by atoms with Crippen LogP contribution in [-0.2, 0) is 11.3 Å². The lowest BCUT2D eigenvalue weighted by atomic mass is 10.5. The van der Waals surface area contributed by atoms with Crippen LogP contribution >= 0.6 is 0 Å². The smallest absolute Gasteiger partial charge is 0.131 e. The van der Waals surface area contributed by atoms with Crippen molar-refractivity contribution in [2.45, 2.75) is 19.8 Å². The number of aromatic nitrogens is 2. The fraction of sp³-hybridized carbons (Fsp3) is 0.571. The summed E-state index contributed by atoms with van der Waals surface area (Å²) in [5.74, 6) is 0. The molecule has 0 aliphatic carbocycles. The minimum Gasteiger partial charge on any atom is -0.390 e. The second-order valence-electron chi connectivity index (χ2n) is 2.29. The average Bonchev–Trinajstić information content (AvgIpc) is 2.50. The molecule has 4 nitrogen and oxygen atoms in total. The van der Waals surface area contributed by atoms with Gasteiger partial charge in [0, 0.05) is 7.11 Å². The third-order valence-corrected chi connectivity index (χ3v) is 1.64. The minimum atomic E-state index is -0.0698. The van der Waals surface area contributed by atoms with Crippen LogP contribution in [0.2, 0.25) is 0 Å². The number of hydrogen-bond acceptors (Lipinski definition) is 3. The van der Waals surface area contributed by atoms with E-state index >= 15 is 0 Å². The van der Waals surface area contributed by atoms with Crippen molar-refractivity contribution in [3.05, 3.63) is 18.2 Å². The summed E-state index contributed by atoms with van der Waals surface area (Å²) in [7, 11) is 1.62. The van der Waals surface area contributed by atoms with Crippen LogP contribution in [0.1, 0.15) is 18.8 Å². The predicted octanol–water partition coefficient (Wildman–Crippen LogP) is 0.540. The Morgan fingerprint density at radius 1 is 1.82 bits per heavy atom. The Bertz CT molecular complexity index is 222. The molecule has 1 aromatic rings. The Hall–Kier alpha value is -0.870. The van der Waals surface area contributed by atoms with E-state index in [4.69, 9.17) is 9.84 Å². The zero-order chi connectivity index (χ0) is 8.27. The molecular formula is C7H12N2O2. The molecule has 0 spiro atoms. The van der Waals surface area contributed by atoms with Gasteiger partial charge in [-0.15, -0.1) is 0 Å². The van der Waals surface area contributed by atoms with E-state index in [-0.39, 0.29) is 12.8 Å². The number of hydrogen-bond donors (Lipinski definition) is 1. The van der Waals surface area contributed by atoms with E-state index in [1.807, 2.05) is 6.92 Å². The molecule has 0 aromatic carbocycles. The van der Waals surface area contributed by atoms with Crippen LogP contribution in [0.25, 0.3) is 0 Å². The maximum absolute atomic E-state index is 8.84. The zero-order valence-electron chi connectivity index (χ0n) is 6.69. The van der Waals surface area contributed by atoms with Gasteiger partial charge in [0.15, 0.2) is 0 Å². The summed E-state index contributed by atoms with van der Waals surface area (Å²) < 4.78 is 6.83. The van der Waals surface area contributed by atoms with E-state index < -0.39 is 0 Å². The van der Waals surface area contributed by atoms with Gasteiger partial charge < -0.3 is 14.4 Å². The first-order valence-corrected chi connectivity index (χ1v) is 3.44. The van der Waals surface area contributed by atoms with Crippen molar-refractivity contribution >= 4 is 0 Å². The Morgan fingerprint density at radius 3 is 3.09 bits per heavy atom. The van der Waals surface area contributed by atoms with Crippen LogP contribution in [0.3, 0.4) is 0 Å². The number of ether oxygens (including phenoxy) is 1. The number of aliphatic hydroxyl groups excluding tert-OH is 1. The largest absolute Gasteiger partial charge is 0.390 e. The SMILES string of the molecule is COC(C)n1cncc1CO. The number of imidazole rings is 1. The topological polar surface area (TPSA) is 47.3 Å². The summed E-state index contributed by atoms with van der Waals surface area (Å²) in [6, 6.07) is 0. The Balaban J connectivity index is 2.83. The molecule has 0 saturated heterocycles. The number of methoxy groups -OCH3 is 1. The number of rotatable bonds is 3. The monoisotopic (exact) mass is 156 g/mol. The van der Waals surface area contributed by atoms with Gasteiger partial charge in [-0.05, 0) is 6.92 Å². The lowest BCUT2D eigenvalue weighted by Gasteiger charge is -2.12. The van der Waals surface area contributed by atoms with Crippen LogP contribution in [0.5, 0.6) is 0 Å². The second kappa shape index (κ2) is 3.50. The lowest BCUT2D eigenvalue weighted by molar-refractivity contribution is 0.0551. The predicted molar refractivity (Wildman–Crippen MR) is 39.9 cm³/mol. The van der Waals surface area contributed by atoms with Gasteiger partial charge in [-0.2, -0.15) is 0 Å². The van der Waals surface area contributed by atoms with Crippen molar-refractivity contribution in [3.8, 4) is 0 Å². The van der Waals surface area contributed by atoms with Crippen molar-refractivity contribution in [2.75, 3.05) is 7.11 Å². The molecule has 1 aromatic heterocycles. The van der Waals surface area contributed by atoms with Crippen LogP contribution in [0, 0.1) is 0 Å². The molecule has 11 heavy (non-hydrogen) atoms. The van der Waals surface area contributed by atoms with E-state index in [1.54, 1.807) is 24.2 Å². The van der Waals surface area contributed by atoms with Gasteiger partial charge >= 0.3 is 0 Å². The third kappa shape index (κ3) is 1.58. The molecule has 0 radical (unpaired) electrons. The van der Waals surface area contributed by atoms with Crippen molar-refractivity contribution in [3.63, 3.8) is 0 Å². The minimum absolute atomic E-state index is 0.00625. The summed E-state index contributed by atoms with van der Waals surface area (Å²) in [5, 5.41) is 8.84. The highest BCUT2D eigenvalue weighted by Gasteiger charge is 2.05. The first kappa shape index (κ1) is 8.23. The highest BCUT2D eigenvalue weighted by Crippen LogP contribution is 2.09. The standard InChI is InChI=1S/C7H12N2O2/c1-6(11-2)9-5-8-3-7(9)4-10/h3,5-6,10H,4H2,1-2H3. The summed E-state index contributed by atoms with van der Waals surface area (Å²) in [4.78, 5) is 3.88. The van der Waals surface area contributed by atoms with E-state index in [0.29, 0.717) is 0 Å². The Kier molecular flexibility index (Phi) is 2.62. The molecule has 62 valence electrons. The van der Waals surface area contributed by atoms with Crippen molar-refractivity contribution in [2.24, 2.45) is 0 Å². The van der Waals surface area contributed by atoms with Crippen LogP contribution in [0.4, 0.5) is 0 Å². The molecule has 4 heteroatoms. The summed E-state index contributed by atoms with van der Waals surface area (Å²) in [5.41, 5.74) is 0.763. The number of nitrogens with zero attached hydrogens (tertiary/aromatic N) is 2. The van der Waals surface area contributed by atoms with Crippen LogP contribution < -0.4 is 0 Å². The third-order valence-electron chi connectivity index (χ3n) is 1.64. The highest BCUT2D eigenvalue weighted by atomic mass is 16.5. The quantitative estimate of drug-likeness (QED) is 0.694. The molecule has 1 N–H and O–H groups in total. The van der Waals surface area contributed by atoms with Gasteiger partial charge in [0.05, 0.1) is 24.8 Å².